The molecule has 0 spiro atoms. The molecule has 1 aliphatic carbocycles. The van der Waals surface area contributed by atoms with Gasteiger partial charge < -0.3 is 5.32 Å². The van der Waals surface area contributed by atoms with Gasteiger partial charge in [0.2, 0.25) is 10.0 Å². The molecule has 1 aromatic rings. The van der Waals surface area contributed by atoms with E-state index < -0.39 is 10.0 Å². The first-order chi connectivity index (χ1) is 9.97. The van der Waals surface area contributed by atoms with Crippen LogP contribution in [0.5, 0.6) is 0 Å². The van der Waals surface area contributed by atoms with Crippen molar-refractivity contribution in [2.45, 2.75) is 57.0 Å². The van der Waals surface area contributed by atoms with E-state index in [0.717, 1.165) is 36.8 Å². The molecular formula is C16H26N2O2S. The molecule has 0 radical (unpaired) electrons. The lowest BCUT2D eigenvalue weighted by Gasteiger charge is -2.19. The second-order valence-corrected chi connectivity index (χ2v) is 7.64. The van der Waals surface area contributed by atoms with Crippen LogP contribution in [-0.4, -0.2) is 21.5 Å². The summed E-state index contributed by atoms with van der Waals surface area (Å²) in [5.41, 5.74) is 1.88. The van der Waals surface area contributed by atoms with Crippen molar-refractivity contribution >= 4 is 10.0 Å². The molecule has 1 aromatic carbocycles. The number of sulfonamides is 1. The van der Waals surface area contributed by atoms with Crippen molar-refractivity contribution in [3.05, 3.63) is 29.3 Å². The lowest BCUT2D eigenvalue weighted by Crippen LogP contribution is -2.36. The maximum Gasteiger partial charge on any atom is 0.241 e. The molecule has 118 valence electrons. The molecule has 0 aliphatic heterocycles. The standard InChI is InChI=1S/C16H26N2O2S/c1-4-14-9-8-13(11-17-3)10-16(14)21(19,20)18-15-7-5-6-12(15)2/h8-10,12,15,17-18H,4-7,11H2,1-3H3. The Bertz CT molecular complexity index is 584. The van der Waals surface area contributed by atoms with Gasteiger partial charge in [-0.1, -0.05) is 32.4 Å². The highest BCUT2D eigenvalue weighted by atomic mass is 32.2. The minimum Gasteiger partial charge on any atom is -0.316 e. The third-order valence-electron chi connectivity index (χ3n) is 4.35. The van der Waals surface area contributed by atoms with E-state index in [2.05, 4.69) is 17.0 Å². The molecule has 2 rings (SSSR count). The van der Waals surface area contributed by atoms with Gasteiger partial charge >= 0.3 is 0 Å². The minimum atomic E-state index is -3.44. The average Bonchev–Trinajstić information content (AvgIpc) is 2.84. The second kappa shape index (κ2) is 6.90. The van der Waals surface area contributed by atoms with Gasteiger partial charge in [0.15, 0.2) is 0 Å². The van der Waals surface area contributed by atoms with E-state index in [9.17, 15) is 8.42 Å². The molecule has 0 aromatic heterocycles. The van der Waals surface area contributed by atoms with E-state index >= 15 is 0 Å². The molecule has 2 unspecified atom stereocenters. The summed E-state index contributed by atoms with van der Waals surface area (Å²) in [6.07, 6.45) is 3.87. The van der Waals surface area contributed by atoms with Crippen LogP contribution in [0.1, 0.15) is 44.2 Å². The number of hydrogen-bond donors (Lipinski definition) is 2. The molecule has 5 heteroatoms. The van der Waals surface area contributed by atoms with Gasteiger partial charge in [-0.05, 0) is 49.4 Å². The van der Waals surface area contributed by atoms with Crippen LogP contribution in [0.15, 0.2) is 23.1 Å². The molecule has 1 saturated carbocycles. The van der Waals surface area contributed by atoms with Crippen LogP contribution in [0.3, 0.4) is 0 Å². The summed E-state index contributed by atoms with van der Waals surface area (Å²) in [7, 11) is -1.58. The van der Waals surface area contributed by atoms with Crippen molar-refractivity contribution < 1.29 is 8.42 Å². The third kappa shape index (κ3) is 3.84. The quantitative estimate of drug-likeness (QED) is 0.848. The van der Waals surface area contributed by atoms with Crippen molar-refractivity contribution in [2.75, 3.05) is 7.05 Å². The monoisotopic (exact) mass is 310 g/mol. The topological polar surface area (TPSA) is 58.2 Å². The van der Waals surface area contributed by atoms with E-state index in [1.54, 1.807) is 6.07 Å². The van der Waals surface area contributed by atoms with Crippen molar-refractivity contribution in [1.29, 1.82) is 0 Å². The fourth-order valence-electron chi connectivity index (χ4n) is 3.04. The fraction of sp³-hybridized carbons (Fsp3) is 0.625. The zero-order chi connectivity index (χ0) is 15.5. The molecule has 2 N–H and O–H groups in total. The average molecular weight is 310 g/mol. The van der Waals surface area contributed by atoms with Gasteiger partial charge in [-0.2, -0.15) is 0 Å². The Morgan fingerprint density at radius 3 is 2.62 bits per heavy atom. The van der Waals surface area contributed by atoms with Crippen LogP contribution in [0, 0.1) is 5.92 Å². The predicted octanol–water partition coefficient (Wildman–Crippen LogP) is 2.44. The molecule has 0 bridgehead atoms. The SMILES string of the molecule is CCc1ccc(CNC)cc1S(=O)(=O)NC1CCCC1C. The van der Waals surface area contributed by atoms with Crippen molar-refractivity contribution in [2.24, 2.45) is 5.92 Å². The van der Waals surface area contributed by atoms with E-state index in [1.807, 2.05) is 26.1 Å². The molecule has 1 aliphatic rings. The summed E-state index contributed by atoms with van der Waals surface area (Å²) in [5.74, 6) is 0.422. The minimum absolute atomic E-state index is 0.0765. The first kappa shape index (κ1) is 16.5. The fourth-order valence-corrected chi connectivity index (χ4v) is 4.78. The van der Waals surface area contributed by atoms with E-state index in [-0.39, 0.29) is 6.04 Å². The summed E-state index contributed by atoms with van der Waals surface area (Å²) in [6.45, 7) is 4.79. The third-order valence-corrected chi connectivity index (χ3v) is 5.92. The molecule has 0 saturated heterocycles. The predicted molar refractivity (Wildman–Crippen MR) is 85.7 cm³/mol. The molecule has 0 heterocycles. The van der Waals surface area contributed by atoms with Gasteiger partial charge in [-0.3, -0.25) is 0 Å². The first-order valence-electron chi connectivity index (χ1n) is 7.76. The van der Waals surface area contributed by atoms with Crippen LogP contribution in [0.25, 0.3) is 0 Å². The normalized spacial score (nSPS) is 22.6. The molecule has 4 nitrogen and oxygen atoms in total. The van der Waals surface area contributed by atoms with E-state index in [0.29, 0.717) is 17.4 Å². The van der Waals surface area contributed by atoms with Gasteiger partial charge in [0, 0.05) is 12.6 Å². The van der Waals surface area contributed by atoms with Crippen LogP contribution in [-0.2, 0) is 23.0 Å². The lowest BCUT2D eigenvalue weighted by atomic mass is 10.1. The Labute approximate surface area is 128 Å². The van der Waals surface area contributed by atoms with Crippen LogP contribution in [0.4, 0.5) is 0 Å². The largest absolute Gasteiger partial charge is 0.316 e. The number of nitrogens with one attached hydrogen (secondary N) is 2. The maximum absolute atomic E-state index is 12.7. The summed E-state index contributed by atoms with van der Waals surface area (Å²) in [5, 5.41) is 3.07. The maximum atomic E-state index is 12.7. The zero-order valence-electron chi connectivity index (χ0n) is 13.1. The summed E-state index contributed by atoms with van der Waals surface area (Å²) in [6, 6.07) is 5.80. The van der Waals surface area contributed by atoms with Gasteiger partial charge in [-0.15, -0.1) is 0 Å². The van der Waals surface area contributed by atoms with E-state index in [4.69, 9.17) is 0 Å². The lowest BCUT2D eigenvalue weighted by molar-refractivity contribution is 0.476. The Hall–Kier alpha value is -0.910. The Morgan fingerprint density at radius 2 is 2.05 bits per heavy atom. The van der Waals surface area contributed by atoms with Gasteiger partial charge in [0.1, 0.15) is 0 Å². The Kier molecular flexibility index (Phi) is 5.41. The summed E-state index contributed by atoms with van der Waals surface area (Å²) in [4.78, 5) is 0.442. The van der Waals surface area contributed by atoms with Crippen molar-refractivity contribution in [1.82, 2.24) is 10.0 Å². The molecule has 2 atom stereocenters. The van der Waals surface area contributed by atoms with Crippen LogP contribution in [0.2, 0.25) is 0 Å². The highest BCUT2D eigenvalue weighted by Gasteiger charge is 2.29. The highest BCUT2D eigenvalue weighted by Crippen LogP contribution is 2.27. The summed E-state index contributed by atoms with van der Waals surface area (Å²) >= 11 is 0. The smallest absolute Gasteiger partial charge is 0.241 e. The highest BCUT2D eigenvalue weighted by molar-refractivity contribution is 7.89. The molecular weight excluding hydrogens is 284 g/mol. The van der Waals surface area contributed by atoms with Crippen molar-refractivity contribution in [3.63, 3.8) is 0 Å². The number of rotatable bonds is 6. The number of benzene rings is 1. The number of hydrogen-bond acceptors (Lipinski definition) is 3. The first-order valence-corrected chi connectivity index (χ1v) is 9.25. The summed E-state index contributed by atoms with van der Waals surface area (Å²) < 4.78 is 28.4. The number of aryl methyl sites for hydroxylation is 1. The van der Waals surface area contributed by atoms with Crippen LogP contribution < -0.4 is 10.0 Å². The molecule has 21 heavy (non-hydrogen) atoms. The Balaban J connectivity index is 2.31. The van der Waals surface area contributed by atoms with Gasteiger partial charge in [0.05, 0.1) is 4.90 Å². The van der Waals surface area contributed by atoms with Gasteiger partial charge in [-0.25, -0.2) is 13.1 Å². The molecule has 0 amide bonds. The molecule has 1 fully saturated rings. The second-order valence-electron chi connectivity index (χ2n) is 5.96. The van der Waals surface area contributed by atoms with Crippen LogP contribution >= 0.6 is 0 Å². The van der Waals surface area contributed by atoms with Crippen molar-refractivity contribution in [3.8, 4) is 0 Å². The van der Waals surface area contributed by atoms with Gasteiger partial charge in [0.25, 0.3) is 0 Å². The van der Waals surface area contributed by atoms with E-state index in [1.165, 1.54) is 0 Å². The zero-order valence-corrected chi connectivity index (χ0v) is 14.0. The Morgan fingerprint density at radius 1 is 1.29 bits per heavy atom.